The molecule has 1 aromatic carbocycles. The number of para-hydroxylation sites is 1. The average molecular weight is 223 g/mol. The van der Waals surface area contributed by atoms with Gasteiger partial charge in [-0.15, -0.1) is 0 Å². The van der Waals surface area contributed by atoms with E-state index in [0.29, 0.717) is 11.6 Å². The highest BCUT2D eigenvalue weighted by molar-refractivity contribution is 7.80. The van der Waals surface area contributed by atoms with Crippen LogP contribution in [0.1, 0.15) is 20.3 Å². The lowest BCUT2D eigenvalue weighted by atomic mass is 9.90. The molecule has 0 aliphatic heterocycles. The number of hydrogen-bond donors (Lipinski definition) is 1. The molecule has 0 saturated heterocycles. The molecular formula is C12H17NOS. The van der Waals surface area contributed by atoms with Gasteiger partial charge in [0.25, 0.3) is 0 Å². The lowest BCUT2D eigenvalue weighted by Gasteiger charge is -2.22. The van der Waals surface area contributed by atoms with Crippen molar-refractivity contribution in [1.29, 1.82) is 0 Å². The van der Waals surface area contributed by atoms with Gasteiger partial charge in [-0.2, -0.15) is 0 Å². The molecule has 82 valence electrons. The number of rotatable bonds is 5. The van der Waals surface area contributed by atoms with Crippen LogP contribution >= 0.6 is 12.2 Å². The molecule has 0 spiro atoms. The molecule has 1 aromatic rings. The summed E-state index contributed by atoms with van der Waals surface area (Å²) in [5.74, 6) is 0.885. The van der Waals surface area contributed by atoms with E-state index in [1.165, 1.54) is 0 Å². The van der Waals surface area contributed by atoms with Gasteiger partial charge in [0.05, 0.1) is 11.6 Å². The first-order chi connectivity index (χ1) is 7.02. The van der Waals surface area contributed by atoms with E-state index in [9.17, 15) is 0 Å². The fourth-order valence-corrected chi connectivity index (χ4v) is 1.17. The van der Waals surface area contributed by atoms with E-state index in [4.69, 9.17) is 22.7 Å². The fraction of sp³-hybridized carbons (Fsp3) is 0.417. The van der Waals surface area contributed by atoms with Gasteiger partial charge >= 0.3 is 0 Å². The molecule has 0 radical (unpaired) electrons. The third kappa shape index (κ3) is 3.88. The number of ether oxygens (including phenoxy) is 1. The van der Waals surface area contributed by atoms with Crippen molar-refractivity contribution >= 4 is 17.2 Å². The van der Waals surface area contributed by atoms with Crippen LogP contribution in [0.5, 0.6) is 5.75 Å². The van der Waals surface area contributed by atoms with Crippen molar-refractivity contribution in [3.63, 3.8) is 0 Å². The molecule has 15 heavy (non-hydrogen) atoms. The number of benzene rings is 1. The predicted octanol–water partition coefficient (Wildman–Crippen LogP) is 2.77. The third-order valence-corrected chi connectivity index (χ3v) is 2.96. The van der Waals surface area contributed by atoms with Gasteiger partial charge in [-0.3, -0.25) is 0 Å². The minimum Gasteiger partial charge on any atom is -0.494 e. The summed E-state index contributed by atoms with van der Waals surface area (Å²) >= 11 is 4.98. The second-order valence-corrected chi connectivity index (χ2v) is 4.60. The van der Waals surface area contributed by atoms with Crippen LogP contribution in [0.3, 0.4) is 0 Å². The molecule has 0 unspecified atom stereocenters. The van der Waals surface area contributed by atoms with E-state index in [2.05, 4.69) is 0 Å². The van der Waals surface area contributed by atoms with E-state index < -0.39 is 0 Å². The van der Waals surface area contributed by atoms with Crippen molar-refractivity contribution in [2.75, 3.05) is 6.61 Å². The van der Waals surface area contributed by atoms with Gasteiger partial charge in [0.2, 0.25) is 0 Å². The summed E-state index contributed by atoms with van der Waals surface area (Å²) in [6.45, 7) is 4.70. The first kappa shape index (κ1) is 12.0. The molecule has 0 amide bonds. The Kier molecular flexibility index (Phi) is 4.09. The highest BCUT2D eigenvalue weighted by Gasteiger charge is 2.20. The topological polar surface area (TPSA) is 35.2 Å². The van der Waals surface area contributed by atoms with Gasteiger partial charge in [0, 0.05) is 5.41 Å². The Hall–Kier alpha value is -1.09. The van der Waals surface area contributed by atoms with Crippen LogP contribution in [0, 0.1) is 5.41 Å². The van der Waals surface area contributed by atoms with E-state index in [1.54, 1.807) is 0 Å². The molecule has 0 aromatic heterocycles. The normalized spacial score (nSPS) is 11.1. The first-order valence-electron chi connectivity index (χ1n) is 5.00. The monoisotopic (exact) mass is 223 g/mol. The van der Waals surface area contributed by atoms with Gasteiger partial charge < -0.3 is 10.5 Å². The summed E-state index contributed by atoms with van der Waals surface area (Å²) < 4.78 is 5.58. The Morgan fingerprint density at radius 1 is 1.33 bits per heavy atom. The van der Waals surface area contributed by atoms with E-state index >= 15 is 0 Å². The molecule has 0 heterocycles. The molecule has 0 saturated carbocycles. The van der Waals surface area contributed by atoms with Gasteiger partial charge in [0.15, 0.2) is 0 Å². The fourth-order valence-electron chi connectivity index (χ4n) is 1.06. The number of hydrogen-bond acceptors (Lipinski definition) is 2. The summed E-state index contributed by atoms with van der Waals surface area (Å²) in [7, 11) is 0. The van der Waals surface area contributed by atoms with Crippen molar-refractivity contribution in [2.24, 2.45) is 11.1 Å². The molecule has 1 rings (SSSR count). The van der Waals surface area contributed by atoms with Gasteiger partial charge in [-0.05, 0) is 18.6 Å². The Morgan fingerprint density at radius 3 is 2.47 bits per heavy atom. The van der Waals surface area contributed by atoms with Gasteiger partial charge in [-0.1, -0.05) is 44.3 Å². The smallest absolute Gasteiger partial charge is 0.119 e. The van der Waals surface area contributed by atoms with Crippen LogP contribution in [0.2, 0.25) is 0 Å². The molecule has 2 nitrogen and oxygen atoms in total. The molecule has 0 bridgehead atoms. The van der Waals surface area contributed by atoms with E-state index in [1.807, 2.05) is 44.2 Å². The highest BCUT2D eigenvalue weighted by atomic mass is 32.1. The van der Waals surface area contributed by atoms with E-state index in [0.717, 1.165) is 12.2 Å². The maximum absolute atomic E-state index is 5.63. The average Bonchev–Trinajstić information content (AvgIpc) is 2.19. The summed E-state index contributed by atoms with van der Waals surface area (Å²) in [6, 6.07) is 9.75. The summed E-state index contributed by atoms with van der Waals surface area (Å²) in [5, 5.41) is 0. The van der Waals surface area contributed by atoms with Gasteiger partial charge in [-0.25, -0.2) is 0 Å². The van der Waals surface area contributed by atoms with Gasteiger partial charge in [0.1, 0.15) is 5.75 Å². The minimum atomic E-state index is -0.135. The molecule has 0 fully saturated rings. The Balaban J connectivity index is 2.37. The summed E-state index contributed by atoms with van der Waals surface area (Å²) in [5.41, 5.74) is 5.49. The largest absolute Gasteiger partial charge is 0.494 e. The van der Waals surface area contributed by atoms with Crippen molar-refractivity contribution in [2.45, 2.75) is 20.3 Å². The van der Waals surface area contributed by atoms with Crippen molar-refractivity contribution in [3.8, 4) is 5.75 Å². The maximum atomic E-state index is 5.63. The minimum absolute atomic E-state index is 0.135. The number of nitrogens with two attached hydrogens (primary N) is 1. The standard InChI is InChI=1S/C12H17NOS/c1-12(2,11(13)15)8-9-14-10-6-4-3-5-7-10/h3-7H,8-9H2,1-2H3,(H2,13,15). The molecule has 0 atom stereocenters. The maximum Gasteiger partial charge on any atom is 0.119 e. The van der Waals surface area contributed by atoms with Crippen LogP contribution < -0.4 is 10.5 Å². The molecule has 2 N–H and O–H groups in total. The van der Waals surface area contributed by atoms with Crippen LogP contribution in [-0.4, -0.2) is 11.6 Å². The zero-order valence-electron chi connectivity index (χ0n) is 9.19. The van der Waals surface area contributed by atoms with Crippen LogP contribution in [0.25, 0.3) is 0 Å². The second-order valence-electron chi connectivity index (χ2n) is 4.16. The Bertz CT molecular complexity index is 322. The second kappa shape index (κ2) is 5.12. The first-order valence-corrected chi connectivity index (χ1v) is 5.41. The Morgan fingerprint density at radius 2 is 1.93 bits per heavy atom. The Labute approximate surface area is 96.4 Å². The molecule has 0 aliphatic rings. The lowest BCUT2D eigenvalue weighted by Crippen LogP contribution is -2.31. The van der Waals surface area contributed by atoms with Crippen LogP contribution in [0.4, 0.5) is 0 Å². The summed E-state index contributed by atoms with van der Waals surface area (Å²) in [6.07, 6.45) is 0.831. The number of thiocarbonyl (C=S) groups is 1. The van der Waals surface area contributed by atoms with Crippen molar-refractivity contribution in [1.82, 2.24) is 0 Å². The third-order valence-electron chi connectivity index (χ3n) is 2.41. The molecule has 0 aliphatic carbocycles. The van der Waals surface area contributed by atoms with E-state index in [-0.39, 0.29) is 5.41 Å². The SMILES string of the molecule is CC(C)(CCOc1ccccc1)C(N)=S. The predicted molar refractivity (Wildman–Crippen MR) is 67.1 cm³/mol. The van der Waals surface area contributed by atoms with Crippen molar-refractivity contribution in [3.05, 3.63) is 30.3 Å². The zero-order chi connectivity index (χ0) is 11.3. The quantitative estimate of drug-likeness (QED) is 0.780. The van der Waals surface area contributed by atoms with Crippen LogP contribution in [-0.2, 0) is 0 Å². The molecule has 3 heteroatoms. The lowest BCUT2D eigenvalue weighted by molar-refractivity contribution is 0.270. The summed E-state index contributed by atoms with van der Waals surface area (Å²) in [4.78, 5) is 0.541. The van der Waals surface area contributed by atoms with Crippen LogP contribution in [0.15, 0.2) is 30.3 Å². The zero-order valence-corrected chi connectivity index (χ0v) is 10.0. The highest BCUT2D eigenvalue weighted by Crippen LogP contribution is 2.21. The molecular weight excluding hydrogens is 206 g/mol. The van der Waals surface area contributed by atoms with Crippen molar-refractivity contribution < 1.29 is 4.74 Å².